The first-order chi connectivity index (χ1) is 8.16. The molecule has 88 valence electrons. The number of para-hydroxylation sites is 1. The molecule has 0 aliphatic rings. The summed E-state index contributed by atoms with van der Waals surface area (Å²) in [7, 11) is 0. The summed E-state index contributed by atoms with van der Waals surface area (Å²) in [5.41, 5.74) is 0.891. The van der Waals surface area contributed by atoms with E-state index in [0.717, 1.165) is 10.0 Å². The summed E-state index contributed by atoms with van der Waals surface area (Å²) < 4.78 is 19.8. The fraction of sp³-hybridized carbons (Fsp3) is 0.154. The van der Waals surface area contributed by atoms with Crippen molar-refractivity contribution in [1.82, 2.24) is 4.98 Å². The van der Waals surface area contributed by atoms with Gasteiger partial charge in [-0.1, -0.05) is 12.1 Å². The average molecular weight is 296 g/mol. The molecule has 4 heteroatoms. The van der Waals surface area contributed by atoms with E-state index in [1.54, 1.807) is 30.6 Å². The highest BCUT2D eigenvalue weighted by atomic mass is 79.9. The Kier molecular flexibility index (Phi) is 3.74. The predicted molar refractivity (Wildman–Crippen MR) is 67.4 cm³/mol. The van der Waals surface area contributed by atoms with E-state index in [1.165, 1.54) is 6.07 Å². The molecule has 0 saturated heterocycles. The lowest BCUT2D eigenvalue weighted by atomic mass is 10.2. The lowest BCUT2D eigenvalue weighted by Crippen LogP contribution is -2.04. The van der Waals surface area contributed by atoms with Crippen LogP contribution >= 0.6 is 15.9 Å². The van der Waals surface area contributed by atoms with E-state index in [9.17, 15) is 4.39 Å². The van der Waals surface area contributed by atoms with Crippen molar-refractivity contribution in [2.75, 3.05) is 0 Å². The lowest BCUT2D eigenvalue weighted by molar-refractivity contribution is 0.216. The monoisotopic (exact) mass is 295 g/mol. The summed E-state index contributed by atoms with van der Waals surface area (Å²) in [6, 6.07) is 8.26. The first-order valence-corrected chi connectivity index (χ1v) is 5.98. The second-order valence-electron chi connectivity index (χ2n) is 3.63. The van der Waals surface area contributed by atoms with Gasteiger partial charge in [0.2, 0.25) is 0 Å². The molecule has 1 atom stereocenters. The van der Waals surface area contributed by atoms with Crippen molar-refractivity contribution in [3.05, 3.63) is 58.6 Å². The first kappa shape index (κ1) is 12.0. The number of nitrogens with zero attached hydrogens (tertiary/aromatic N) is 1. The second-order valence-corrected chi connectivity index (χ2v) is 4.54. The Morgan fingerprint density at radius 2 is 2.06 bits per heavy atom. The summed E-state index contributed by atoms with van der Waals surface area (Å²) in [5, 5.41) is 0. The van der Waals surface area contributed by atoms with Crippen molar-refractivity contribution in [2.45, 2.75) is 13.0 Å². The molecule has 0 fully saturated rings. The van der Waals surface area contributed by atoms with Gasteiger partial charge in [-0.15, -0.1) is 0 Å². The molecule has 2 nitrogen and oxygen atoms in total. The van der Waals surface area contributed by atoms with E-state index in [-0.39, 0.29) is 17.7 Å². The summed E-state index contributed by atoms with van der Waals surface area (Å²) in [5.74, 6) is -0.109. The van der Waals surface area contributed by atoms with Crippen molar-refractivity contribution in [3.63, 3.8) is 0 Å². The summed E-state index contributed by atoms with van der Waals surface area (Å²) in [6.07, 6.45) is 3.15. The average Bonchev–Trinajstić information content (AvgIpc) is 2.32. The Morgan fingerprint density at radius 1 is 1.29 bits per heavy atom. The molecule has 0 saturated carbocycles. The number of ether oxygens (including phenoxy) is 1. The van der Waals surface area contributed by atoms with Gasteiger partial charge in [0.1, 0.15) is 6.10 Å². The highest BCUT2D eigenvalue weighted by molar-refractivity contribution is 9.10. The minimum atomic E-state index is -0.359. The van der Waals surface area contributed by atoms with Gasteiger partial charge in [0.15, 0.2) is 11.6 Å². The first-order valence-electron chi connectivity index (χ1n) is 5.18. The van der Waals surface area contributed by atoms with Gasteiger partial charge in [-0.05, 0) is 41.1 Å². The molecule has 2 rings (SSSR count). The number of pyridine rings is 1. The smallest absolute Gasteiger partial charge is 0.165 e. The van der Waals surface area contributed by atoms with Gasteiger partial charge in [-0.3, -0.25) is 4.98 Å². The fourth-order valence-electron chi connectivity index (χ4n) is 1.45. The standard InChI is InChI=1S/C13H11BrFNO/c1-9(10-6-11(14)8-16-7-10)17-13-5-3-2-4-12(13)15/h2-9H,1H3. The van der Waals surface area contributed by atoms with Crippen LogP contribution in [0.1, 0.15) is 18.6 Å². The van der Waals surface area contributed by atoms with Gasteiger partial charge >= 0.3 is 0 Å². The Balaban J connectivity index is 2.17. The lowest BCUT2D eigenvalue weighted by Gasteiger charge is -2.15. The Bertz CT molecular complexity index is 518. The van der Waals surface area contributed by atoms with Crippen molar-refractivity contribution in [1.29, 1.82) is 0 Å². The van der Waals surface area contributed by atoms with Gasteiger partial charge in [0, 0.05) is 22.4 Å². The summed E-state index contributed by atoms with van der Waals surface area (Å²) >= 11 is 3.34. The van der Waals surface area contributed by atoms with Gasteiger partial charge in [-0.2, -0.15) is 0 Å². The van der Waals surface area contributed by atoms with Crippen molar-refractivity contribution >= 4 is 15.9 Å². The van der Waals surface area contributed by atoms with Gasteiger partial charge in [0.05, 0.1) is 0 Å². The largest absolute Gasteiger partial charge is 0.483 e. The molecule has 0 aliphatic heterocycles. The molecule has 0 radical (unpaired) electrons. The second kappa shape index (κ2) is 5.27. The predicted octanol–water partition coefficient (Wildman–Crippen LogP) is 4.12. The molecule has 1 aromatic heterocycles. The summed E-state index contributed by atoms with van der Waals surface area (Å²) in [4.78, 5) is 4.05. The number of aromatic nitrogens is 1. The zero-order valence-corrected chi connectivity index (χ0v) is 10.8. The van der Waals surface area contributed by atoms with E-state index >= 15 is 0 Å². The zero-order valence-electron chi connectivity index (χ0n) is 9.23. The molecule has 0 spiro atoms. The normalized spacial score (nSPS) is 12.2. The highest BCUT2D eigenvalue weighted by Crippen LogP contribution is 2.24. The number of hydrogen-bond acceptors (Lipinski definition) is 2. The maximum atomic E-state index is 13.4. The Hall–Kier alpha value is -1.42. The van der Waals surface area contributed by atoms with Crippen LogP contribution in [0.15, 0.2) is 47.2 Å². The maximum Gasteiger partial charge on any atom is 0.165 e. The molecular weight excluding hydrogens is 285 g/mol. The van der Waals surface area contributed by atoms with Crippen molar-refractivity contribution in [3.8, 4) is 5.75 Å². The van der Waals surface area contributed by atoms with Crippen LogP contribution in [0.25, 0.3) is 0 Å². The molecule has 1 aromatic carbocycles. The van der Waals surface area contributed by atoms with Crippen LogP contribution in [0.4, 0.5) is 4.39 Å². The van der Waals surface area contributed by atoms with Crippen molar-refractivity contribution in [2.24, 2.45) is 0 Å². The minimum absolute atomic E-state index is 0.250. The molecule has 1 heterocycles. The molecule has 0 N–H and O–H groups in total. The Morgan fingerprint density at radius 3 is 2.76 bits per heavy atom. The van der Waals surface area contributed by atoms with Crippen LogP contribution in [-0.4, -0.2) is 4.98 Å². The SMILES string of the molecule is CC(Oc1ccccc1F)c1cncc(Br)c1. The van der Waals surface area contributed by atoms with Crippen LogP contribution < -0.4 is 4.74 Å². The molecular formula is C13H11BrFNO. The van der Waals surface area contributed by atoms with Crippen LogP contribution in [0.5, 0.6) is 5.75 Å². The highest BCUT2D eigenvalue weighted by Gasteiger charge is 2.10. The van der Waals surface area contributed by atoms with Gasteiger partial charge < -0.3 is 4.74 Å². The maximum absolute atomic E-state index is 13.4. The van der Waals surface area contributed by atoms with E-state index in [1.807, 2.05) is 13.0 Å². The van der Waals surface area contributed by atoms with Crippen molar-refractivity contribution < 1.29 is 9.13 Å². The van der Waals surface area contributed by atoms with Crippen LogP contribution in [0.2, 0.25) is 0 Å². The van der Waals surface area contributed by atoms with E-state index < -0.39 is 0 Å². The molecule has 17 heavy (non-hydrogen) atoms. The minimum Gasteiger partial charge on any atom is -0.483 e. The molecule has 2 aromatic rings. The Labute approximate surface area is 108 Å². The number of hydrogen-bond donors (Lipinski definition) is 0. The third-order valence-corrected chi connectivity index (χ3v) is 2.77. The van der Waals surface area contributed by atoms with Crippen LogP contribution in [0, 0.1) is 5.82 Å². The molecule has 0 aliphatic carbocycles. The third kappa shape index (κ3) is 3.03. The number of rotatable bonds is 3. The molecule has 0 bridgehead atoms. The summed E-state index contributed by atoms with van der Waals surface area (Å²) in [6.45, 7) is 1.86. The quantitative estimate of drug-likeness (QED) is 0.850. The molecule has 1 unspecified atom stereocenters. The van der Waals surface area contributed by atoms with E-state index in [4.69, 9.17) is 4.74 Å². The number of benzene rings is 1. The van der Waals surface area contributed by atoms with Crippen LogP contribution in [-0.2, 0) is 0 Å². The van der Waals surface area contributed by atoms with Gasteiger partial charge in [0.25, 0.3) is 0 Å². The molecule has 0 amide bonds. The van der Waals surface area contributed by atoms with E-state index in [0.29, 0.717) is 0 Å². The zero-order chi connectivity index (χ0) is 12.3. The third-order valence-electron chi connectivity index (χ3n) is 2.34. The topological polar surface area (TPSA) is 22.1 Å². The van der Waals surface area contributed by atoms with Crippen LogP contribution in [0.3, 0.4) is 0 Å². The van der Waals surface area contributed by atoms with E-state index in [2.05, 4.69) is 20.9 Å². The number of halogens is 2. The van der Waals surface area contributed by atoms with Gasteiger partial charge in [-0.25, -0.2) is 4.39 Å². The fourth-order valence-corrected chi connectivity index (χ4v) is 1.83.